The van der Waals surface area contributed by atoms with Crippen molar-refractivity contribution in [2.75, 3.05) is 11.9 Å². The highest BCUT2D eigenvalue weighted by molar-refractivity contribution is 5.94. The predicted octanol–water partition coefficient (Wildman–Crippen LogP) is 3.12. The van der Waals surface area contributed by atoms with E-state index in [0.717, 1.165) is 11.1 Å². The molecule has 0 aliphatic rings. The first kappa shape index (κ1) is 16.7. The van der Waals surface area contributed by atoms with Crippen LogP contribution in [-0.2, 0) is 16.1 Å². The van der Waals surface area contributed by atoms with E-state index >= 15 is 0 Å². The zero-order valence-corrected chi connectivity index (χ0v) is 13.2. The molecule has 0 bridgehead atoms. The van der Waals surface area contributed by atoms with E-state index < -0.39 is 11.7 Å². The molecule has 0 aliphatic carbocycles. The Labute approximate surface area is 134 Å². The third-order valence-corrected chi connectivity index (χ3v) is 3.42. The molecule has 0 heterocycles. The summed E-state index contributed by atoms with van der Waals surface area (Å²) >= 11 is 0. The summed E-state index contributed by atoms with van der Waals surface area (Å²) in [6.07, 6.45) is 0. The number of para-hydroxylation sites is 1. The van der Waals surface area contributed by atoms with Crippen molar-refractivity contribution in [3.05, 3.63) is 65.5 Å². The molecule has 0 fully saturated rings. The number of benzene rings is 2. The van der Waals surface area contributed by atoms with Crippen LogP contribution in [0, 0.1) is 12.7 Å². The van der Waals surface area contributed by atoms with Crippen LogP contribution in [0.2, 0.25) is 0 Å². The zero-order chi connectivity index (χ0) is 16.8. The lowest BCUT2D eigenvalue weighted by molar-refractivity contribution is -0.133. The molecule has 0 radical (unpaired) electrons. The number of anilines is 1. The van der Waals surface area contributed by atoms with Gasteiger partial charge < -0.3 is 10.2 Å². The molecule has 0 spiro atoms. The van der Waals surface area contributed by atoms with Crippen molar-refractivity contribution in [2.45, 2.75) is 20.4 Å². The van der Waals surface area contributed by atoms with Gasteiger partial charge in [0, 0.05) is 13.5 Å². The van der Waals surface area contributed by atoms with Gasteiger partial charge in [0.05, 0.1) is 5.69 Å². The normalized spacial score (nSPS) is 10.2. The number of nitrogens with one attached hydrogen (secondary N) is 1. The second kappa shape index (κ2) is 7.54. The molecule has 0 saturated heterocycles. The summed E-state index contributed by atoms with van der Waals surface area (Å²) in [5, 5.41) is 2.48. The Kier molecular flexibility index (Phi) is 5.46. The smallest absolute Gasteiger partial charge is 0.244 e. The summed E-state index contributed by atoms with van der Waals surface area (Å²) in [4.78, 5) is 25.2. The number of hydrogen-bond donors (Lipinski definition) is 1. The molecule has 0 unspecified atom stereocenters. The van der Waals surface area contributed by atoms with Crippen LogP contribution in [-0.4, -0.2) is 23.3 Å². The SMILES string of the molecule is CC(=O)N(CC(=O)Nc1ccccc1F)Cc1ccc(C)cc1. The lowest BCUT2D eigenvalue weighted by Crippen LogP contribution is -2.36. The van der Waals surface area contributed by atoms with Gasteiger partial charge in [-0.3, -0.25) is 9.59 Å². The van der Waals surface area contributed by atoms with Crippen LogP contribution in [0.3, 0.4) is 0 Å². The fourth-order valence-electron chi connectivity index (χ4n) is 2.12. The van der Waals surface area contributed by atoms with Gasteiger partial charge >= 0.3 is 0 Å². The van der Waals surface area contributed by atoms with E-state index in [2.05, 4.69) is 5.32 Å². The standard InChI is InChI=1S/C18H19FN2O2/c1-13-7-9-15(10-8-13)11-21(14(2)22)12-18(23)20-17-6-4-3-5-16(17)19/h3-10H,11-12H2,1-2H3,(H,20,23). The van der Waals surface area contributed by atoms with Crippen LogP contribution in [0.5, 0.6) is 0 Å². The second-order valence-corrected chi connectivity index (χ2v) is 5.39. The Morgan fingerprint density at radius 3 is 2.35 bits per heavy atom. The molecule has 4 nitrogen and oxygen atoms in total. The van der Waals surface area contributed by atoms with Crippen molar-refractivity contribution in [1.82, 2.24) is 4.90 Å². The van der Waals surface area contributed by atoms with Crippen molar-refractivity contribution in [3.63, 3.8) is 0 Å². The maximum atomic E-state index is 13.5. The van der Waals surface area contributed by atoms with Crippen LogP contribution < -0.4 is 5.32 Å². The Hall–Kier alpha value is -2.69. The first-order valence-corrected chi connectivity index (χ1v) is 7.31. The molecule has 2 aromatic carbocycles. The van der Waals surface area contributed by atoms with Crippen molar-refractivity contribution < 1.29 is 14.0 Å². The minimum atomic E-state index is -0.506. The van der Waals surface area contributed by atoms with Crippen molar-refractivity contribution in [3.8, 4) is 0 Å². The van der Waals surface area contributed by atoms with Gasteiger partial charge in [0.25, 0.3) is 0 Å². The highest BCUT2D eigenvalue weighted by Gasteiger charge is 2.15. The van der Waals surface area contributed by atoms with Gasteiger partial charge in [-0.1, -0.05) is 42.0 Å². The fraction of sp³-hybridized carbons (Fsp3) is 0.222. The zero-order valence-electron chi connectivity index (χ0n) is 13.2. The molecular formula is C18H19FN2O2. The molecule has 0 saturated carbocycles. The van der Waals surface area contributed by atoms with Crippen molar-refractivity contribution in [1.29, 1.82) is 0 Å². The molecule has 2 aromatic rings. The topological polar surface area (TPSA) is 49.4 Å². The van der Waals surface area contributed by atoms with E-state index in [-0.39, 0.29) is 18.1 Å². The maximum Gasteiger partial charge on any atom is 0.244 e. The van der Waals surface area contributed by atoms with Gasteiger partial charge in [-0.2, -0.15) is 0 Å². The number of amides is 2. The molecule has 0 aromatic heterocycles. The van der Waals surface area contributed by atoms with Crippen molar-refractivity contribution >= 4 is 17.5 Å². The van der Waals surface area contributed by atoms with E-state index in [1.807, 2.05) is 31.2 Å². The van der Waals surface area contributed by atoms with Gasteiger partial charge in [0.1, 0.15) is 12.4 Å². The number of halogens is 1. The minimum Gasteiger partial charge on any atom is -0.329 e. The first-order valence-electron chi connectivity index (χ1n) is 7.31. The molecule has 120 valence electrons. The fourth-order valence-corrected chi connectivity index (χ4v) is 2.12. The molecule has 0 atom stereocenters. The molecule has 23 heavy (non-hydrogen) atoms. The van der Waals surface area contributed by atoms with Gasteiger partial charge in [-0.25, -0.2) is 4.39 Å². The van der Waals surface area contributed by atoms with E-state index in [0.29, 0.717) is 6.54 Å². The Bertz CT molecular complexity index is 698. The second-order valence-electron chi connectivity index (χ2n) is 5.39. The predicted molar refractivity (Wildman–Crippen MR) is 87.3 cm³/mol. The summed E-state index contributed by atoms with van der Waals surface area (Å²) in [5.74, 6) is -1.15. The Morgan fingerprint density at radius 1 is 1.09 bits per heavy atom. The summed E-state index contributed by atoms with van der Waals surface area (Å²) in [7, 11) is 0. The van der Waals surface area contributed by atoms with Crippen LogP contribution in [0.4, 0.5) is 10.1 Å². The molecule has 5 heteroatoms. The summed E-state index contributed by atoms with van der Waals surface area (Å²) in [6, 6.07) is 13.7. The highest BCUT2D eigenvalue weighted by atomic mass is 19.1. The van der Waals surface area contributed by atoms with Crippen molar-refractivity contribution in [2.24, 2.45) is 0 Å². The highest BCUT2D eigenvalue weighted by Crippen LogP contribution is 2.13. The average Bonchev–Trinajstić information content (AvgIpc) is 2.51. The largest absolute Gasteiger partial charge is 0.329 e. The van der Waals surface area contributed by atoms with Gasteiger partial charge in [-0.15, -0.1) is 0 Å². The maximum absolute atomic E-state index is 13.5. The summed E-state index contributed by atoms with van der Waals surface area (Å²) in [6.45, 7) is 3.59. The summed E-state index contributed by atoms with van der Waals surface area (Å²) in [5.41, 5.74) is 2.17. The number of nitrogens with zero attached hydrogens (tertiary/aromatic N) is 1. The molecular weight excluding hydrogens is 295 g/mol. The lowest BCUT2D eigenvalue weighted by Gasteiger charge is -2.21. The third kappa shape index (κ3) is 4.92. The Balaban J connectivity index is 2.01. The van der Waals surface area contributed by atoms with Gasteiger partial charge in [0.2, 0.25) is 11.8 Å². The molecule has 1 N–H and O–H groups in total. The van der Waals surface area contributed by atoms with Gasteiger partial charge in [0.15, 0.2) is 0 Å². The van der Waals surface area contributed by atoms with Crippen LogP contribution in [0.15, 0.2) is 48.5 Å². The monoisotopic (exact) mass is 314 g/mol. The van der Waals surface area contributed by atoms with E-state index in [1.165, 1.54) is 24.0 Å². The Morgan fingerprint density at radius 2 is 1.74 bits per heavy atom. The van der Waals surface area contributed by atoms with Crippen LogP contribution >= 0.6 is 0 Å². The molecule has 0 aliphatic heterocycles. The van der Waals surface area contributed by atoms with Gasteiger partial charge in [-0.05, 0) is 24.6 Å². The first-order chi connectivity index (χ1) is 11.0. The lowest BCUT2D eigenvalue weighted by atomic mass is 10.1. The van der Waals surface area contributed by atoms with Crippen LogP contribution in [0.1, 0.15) is 18.1 Å². The average molecular weight is 314 g/mol. The van der Waals surface area contributed by atoms with E-state index in [9.17, 15) is 14.0 Å². The molecule has 2 rings (SSSR count). The molecule has 2 amide bonds. The number of aryl methyl sites for hydroxylation is 1. The minimum absolute atomic E-state index is 0.108. The number of hydrogen-bond acceptors (Lipinski definition) is 2. The quantitative estimate of drug-likeness (QED) is 0.922. The van der Waals surface area contributed by atoms with E-state index in [4.69, 9.17) is 0 Å². The van der Waals surface area contributed by atoms with E-state index in [1.54, 1.807) is 12.1 Å². The third-order valence-electron chi connectivity index (χ3n) is 3.42. The number of carbonyl (C=O) groups is 2. The number of rotatable bonds is 5. The summed E-state index contributed by atoms with van der Waals surface area (Å²) < 4.78 is 13.5. The number of carbonyl (C=O) groups excluding carboxylic acids is 2. The van der Waals surface area contributed by atoms with Crippen LogP contribution in [0.25, 0.3) is 0 Å².